The standard InChI is InChI=1S/C18H16N2OS/c1-11-7-8-15-16(9-11)22-18(19-15)20-17(21)14-10-13(14)12-5-3-2-4-6-12/h2-9,13-14H,10H2,1H3,(H,19,20,21)/t13-,14+/m0/s1. The van der Waals surface area contributed by atoms with E-state index in [1.54, 1.807) is 0 Å². The zero-order valence-corrected chi connectivity index (χ0v) is 13.1. The summed E-state index contributed by atoms with van der Waals surface area (Å²) >= 11 is 1.54. The van der Waals surface area contributed by atoms with Crippen molar-refractivity contribution in [2.45, 2.75) is 19.3 Å². The van der Waals surface area contributed by atoms with E-state index in [9.17, 15) is 4.79 Å². The number of carbonyl (C=O) groups excluding carboxylic acids is 1. The number of thiazole rings is 1. The molecule has 2 aromatic carbocycles. The molecule has 1 aromatic heterocycles. The normalized spacial score (nSPS) is 20.0. The van der Waals surface area contributed by atoms with Crippen LogP contribution >= 0.6 is 11.3 Å². The number of benzene rings is 2. The molecule has 3 nitrogen and oxygen atoms in total. The van der Waals surface area contributed by atoms with E-state index in [1.807, 2.05) is 30.3 Å². The number of carbonyl (C=O) groups is 1. The Kier molecular flexibility index (Phi) is 3.19. The molecule has 0 radical (unpaired) electrons. The lowest BCUT2D eigenvalue weighted by Crippen LogP contribution is -2.14. The number of aryl methyl sites for hydroxylation is 1. The molecule has 22 heavy (non-hydrogen) atoms. The number of rotatable bonds is 3. The first-order valence-corrected chi connectivity index (χ1v) is 8.25. The zero-order chi connectivity index (χ0) is 15.1. The monoisotopic (exact) mass is 308 g/mol. The van der Waals surface area contributed by atoms with Gasteiger partial charge in [0.25, 0.3) is 0 Å². The molecular formula is C18H16N2OS. The molecule has 1 aliphatic carbocycles. The van der Waals surface area contributed by atoms with E-state index in [1.165, 1.54) is 22.5 Å². The minimum atomic E-state index is 0.0798. The van der Waals surface area contributed by atoms with Gasteiger partial charge in [-0.25, -0.2) is 4.98 Å². The van der Waals surface area contributed by atoms with Gasteiger partial charge in [-0.15, -0.1) is 0 Å². The van der Waals surface area contributed by atoms with Gasteiger partial charge in [-0.1, -0.05) is 47.7 Å². The summed E-state index contributed by atoms with van der Waals surface area (Å²) in [7, 11) is 0. The lowest BCUT2D eigenvalue weighted by molar-refractivity contribution is -0.117. The molecule has 3 aromatic rings. The first-order chi connectivity index (χ1) is 10.7. The van der Waals surface area contributed by atoms with Gasteiger partial charge in [0.1, 0.15) is 0 Å². The molecule has 0 saturated heterocycles. The molecule has 4 rings (SSSR count). The van der Waals surface area contributed by atoms with Gasteiger partial charge < -0.3 is 5.32 Å². The second-order valence-corrected chi connectivity index (χ2v) is 6.87. The smallest absolute Gasteiger partial charge is 0.229 e. The van der Waals surface area contributed by atoms with Crippen molar-refractivity contribution in [1.29, 1.82) is 0 Å². The first-order valence-electron chi connectivity index (χ1n) is 7.44. The van der Waals surface area contributed by atoms with Crippen LogP contribution in [0, 0.1) is 12.8 Å². The summed E-state index contributed by atoms with van der Waals surface area (Å²) in [5.74, 6) is 0.526. The average molecular weight is 308 g/mol. The fourth-order valence-corrected chi connectivity index (χ4v) is 3.80. The van der Waals surface area contributed by atoms with E-state index >= 15 is 0 Å². The fourth-order valence-electron chi connectivity index (χ4n) is 2.84. The van der Waals surface area contributed by atoms with Crippen molar-refractivity contribution in [2.75, 3.05) is 5.32 Å². The van der Waals surface area contributed by atoms with Crippen LogP contribution in [0.1, 0.15) is 23.5 Å². The van der Waals surface area contributed by atoms with Crippen molar-refractivity contribution in [3.8, 4) is 0 Å². The van der Waals surface area contributed by atoms with Gasteiger partial charge in [0, 0.05) is 5.92 Å². The number of hydrogen-bond acceptors (Lipinski definition) is 3. The van der Waals surface area contributed by atoms with Crippen LogP contribution in [0.5, 0.6) is 0 Å². The predicted octanol–water partition coefficient (Wildman–Crippen LogP) is 4.35. The zero-order valence-electron chi connectivity index (χ0n) is 12.2. The first kappa shape index (κ1) is 13.5. The Morgan fingerprint density at radius 3 is 2.86 bits per heavy atom. The molecule has 1 amide bonds. The number of nitrogens with one attached hydrogen (secondary N) is 1. The molecule has 0 bridgehead atoms. The number of fused-ring (bicyclic) bond motifs is 1. The summed E-state index contributed by atoms with van der Waals surface area (Å²) in [6.45, 7) is 2.06. The van der Waals surface area contributed by atoms with Gasteiger partial charge in [-0.05, 0) is 42.5 Å². The summed E-state index contributed by atoms with van der Waals surface area (Å²) < 4.78 is 1.12. The van der Waals surface area contributed by atoms with Crippen LogP contribution in [0.25, 0.3) is 10.2 Å². The van der Waals surface area contributed by atoms with Gasteiger partial charge in [0.05, 0.1) is 10.2 Å². The van der Waals surface area contributed by atoms with Crippen LogP contribution in [0.15, 0.2) is 48.5 Å². The van der Waals surface area contributed by atoms with Gasteiger partial charge >= 0.3 is 0 Å². The predicted molar refractivity (Wildman–Crippen MR) is 90.3 cm³/mol. The minimum Gasteiger partial charge on any atom is -0.302 e. The maximum Gasteiger partial charge on any atom is 0.229 e. The number of nitrogens with zero attached hydrogens (tertiary/aromatic N) is 1. The van der Waals surface area contributed by atoms with Gasteiger partial charge in [0.2, 0.25) is 5.91 Å². The summed E-state index contributed by atoms with van der Waals surface area (Å²) in [6.07, 6.45) is 0.930. The quantitative estimate of drug-likeness (QED) is 0.781. The molecule has 4 heteroatoms. The van der Waals surface area contributed by atoms with E-state index < -0.39 is 0 Å². The van der Waals surface area contributed by atoms with E-state index in [0.29, 0.717) is 11.0 Å². The summed E-state index contributed by atoms with van der Waals surface area (Å²) in [6, 6.07) is 16.4. The molecule has 1 aliphatic rings. The third-order valence-corrected chi connectivity index (χ3v) is 5.06. The molecule has 0 aliphatic heterocycles. The Morgan fingerprint density at radius 1 is 1.23 bits per heavy atom. The Balaban J connectivity index is 1.48. The average Bonchev–Trinajstić information content (AvgIpc) is 3.23. The number of anilines is 1. The highest BCUT2D eigenvalue weighted by Gasteiger charge is 2.44. The molecule has 1 saturated carbocycles. The fraction of sp³-hybridized carbons (Fsp3) is 0.222. The van der Waals surface area contributed by atoms with E-state index in [4.69, 9.17) is 0 Å². The Labute approximate surface area is 133 Å². The van der Waals surface area contributed by atoms with Crippen LogP contribution in [0.2, 0.25) is 0 Å². The third-order valence-electron chi connectivity index (χ3n) is 4.13. The van der Waals surface area contributed by atoms with E-state index in [-0.39, 0.29) is 11.8 Å². The molecule has 0 unspecified atom stereocenters. The second kappa shape index (κ2) is 5.21. The summed E-state index contributed by atoms with van der Waals surface area (Å²) in [5.41, 5.74) is 3.41. The largest absolute Gasteiger partial charge is 0.302 e. The molecule has 1 fully saturated rings. The topological polar surface area (TPSA) is 42.0 Å². The summed E-state index contributed by atoms with van der Waals surface area (Å²) in [5, 5.41) is 3.68. The minimum absolute atomic E-state index is 0.0798. The summed E-state index contributed by atoms with van der Waals surface area (Å²) in [4.78, 5) is 16.8. The molecule has 1 heterocycles. The Bertz CT molecular complexity index is 841. The van der Waals surface area contributed by atoms with Crippen molar-refractivity contribution in [1.82, 2.24) is 4.98 Å². The highest BCUT2D eigenvalue weighted by atomic mass is 32.1. The molecule has 0 spiro atoms. The Morgan fingerprint density at radius 2 is 2.05 bits per heavy atom. The number of aromatic nitrogens is 1. The lowest BCUT2D eigenvalue weighted by atomic mass is 10.1. The number of amides is 1. The molecule has 110 valence electrons. The van der Waals surface area contributed by atoms with Crippen molar-refractivity contribution >= 4 is 32.6 Å². The van der Waals surface area contributed by atoms with Crippen molar-refractivity contribution in [2.24, 2.45) is 5.92 Å². The van der Waals surface area contributed by atoms with Crippen LogP contribution in [0.3, 0.4) is 0 Å². The van der Waals surface area contributed by atoms with Gasteiger partial charge in [-0.3, -0.25) is 4.79 Å². The van der Waals surface area contributed by atoms with Crippen molar-refractivity contribution in [3.63, 3.8) is 0 Å². The van der Waals surface area contributed by atoms with Crippen LogP contribution in [-0.4, -0.2) is 10.9 Å². The van der Waals surface area contributed by atoms with Crippen LogP contribution in [-0.2, 0) is 4.79 Å². The second-order valence-electron chi connectivity index (χ2n) is 5.84. The Hall–Kier alpha value is -2.20. The highest BCUT2D eigenvalue weighted by Crippen LogP contribution is 2.48. The SMILES string of the molecule is Cc1ccc2nc(NC(=O)[C@@H]3C[C@H]3c3ccccc3)sc2c1. The lowest BCUT2D eigenvalue weighted by Gasteiger charge is -2.01. The maximum absolute atomic E-state index is 12.4. The third kappa shape index (κ3) is 2.50. The van der Waals surface area contributed by atoms with Gasteiger partial charge in [0.15, 0.2) is 5.13 Å². The highest BCUT2D eigenvalue weighted by molar-refractivity contribution is 7.22. The van der Waals surface area contributed by atoms with Gasteiger partial charge in [-0.2, -0.15) is 0 Å². The van der Waals surface area contributed by atoms with E-state index in [2.05, 4.69) is 35.4 Å². The van der Waals surface area contributed by atoms with Crippen molar-refractivity contribution < 1.29 is 4.79 Å². The molecule has 2 atom stereocenters. The molecular weight excluding hydrogens is 292 g/mol. The van der Waals surface area contributed by atoms with Crippen molar-refractivity contribution in [3.05, 3.63) is 59.7 Å². The molecule has 1 N–H and O–H groups in total. The number of hydrogen-bond donors (Lipinski definition) is 1. The van der Waals surface area contributed by atoms with Crippen LogP contribution in [0.4, 0.5) is 5.13 Å². The van der Waals surface area contributed by atoms with E-state index in [0.717, 1.165) is 16.6 Å². The van der Waals surface area contributed by atoms with Crippen LogP contribution < -0.4 is 5.32 Å². The maximum atomic E-state index is 12.4.